The molecule has 166 valence electrons. The summed E-state index contributed by atoms with van der Waals surface area (Å²) in [6.45, 7) is 6.04. The number of aryl methyl sites for hydroxylation is 1. The molecule has 0 spiro atoms. The minimum atomic E-state index is -0.574. The second-order valence-corrected chi connectivity index (χ2v) is 9.17. The molecule has 1 atom stereocenters. The lowest BCUT2D eigenvalue weighted by Crippen LogP contribution is -2.55. The lowest BCUT2D eigenvalue weighted by molar-refractivity contribution is -0.135. The van der Waals surface area contributed by atoms with Crippen LogP contribution in [0.25, 0.3) is 0 Å². The Morgan fingerprint density at radius 2 is 1.66 bits per heavy atom. The van der Waals surface area contributed by atoms with E-state index in [1.165, 1.54) is 22.5 Å². The molecule has 1 aromatic heterocycles. The Labute approximate surface area is 193 Å². The van der Waals surface area contributed by atoms with Crippen LogP contribution in [0.1, 0.15) is 26.4 Å². The van der Waals surface area contributed by atoms with E-state index < -0.39 is 6.04 Å². The van der Waals surface area contributed by atoms with Crippen LogP contribution >= 0.6 is 11.3 Å². The number of nitrogens with zero attached hydrogens (tertiary/aromatic N) is 2. The molecule has 0 radical (unpaired) electrons. The fraction of sp³-hybridized carbons (Fsp3) is 0.308. The highest BCUT2D eigenvalue weighted by Crippen LogP contribution is 2.15. The summed E-state index contributed by atoms with van der Waals surface area (Å²) in [7, 11) is 0. The van der Waals surface area contributed by atoms with Crippen LogP contribution in [0.2, 0.25) is 0 Å². The number of hydrogen-bond donors (Lipinski definition) is 1. The third kappa shape index (κ3) is 5.64. The Bertz CT molecular complexity index is 1030. The molecular weight excluding hydrogens is 418 g/mol. The number of thiophene rings is 1. The summed E-state index contributed by atoms with van der Waals surface area (Å²) < 4.78 is 0. The zero-order chi connectivity index (χ0) is 22.3. The molecule has 1 saturated heterocycles. The number of nitrogens with one attached hydrogen (secondary N) is 1. The van der Waals surface area contributed by atoms with Gasteiger partial charge in [0, 0.05) is 39.1 Å². The molecule has 3 aromatic rings. The van der Waals surface area contributed by atoms with Gasteiger partial charge in [0.2, 0.25) is 5.91 Å². The van der Waals surface area contributed by atoms with Gasteiger partial charge in [-0.3, -0.25) is 14.5 Å². The van der Waals surface area contributed by atoms with Gasteiger partial charge in [0.15, 0.2) is 0 Å². The molecule has 1 aliphatic heterocycles. The second kappa shape index (κ2) is 10.6. The van der Waals surface area contributed by atoms with E-state index in [0.717, 1.165) is 25.2 Å². The minimum absolute atomic E-state index is 0.00528. The third-order valence-corrected chi connectivity index (χ3v) is 6.84. The maximum absolute atomic E-state index is 13.4. The number of hydrogen-bond acceptors (Lipinski definition) is 4. The van der Waals surface area contributed by atoms with Gasteiger partial charge in [0.25, 0.3) is 5.91 Å². The predicted octanol–water partition coefficient (Wildman–Crippen LogP) is 3.74. The summed E-state index contributed by atoms with van der Waals surface area (Å²) in [5.41, 5.74) is 3.66. The summed E-state index contributed by atoms with van der Waals surface area (Å²) in [4.78, 5) is 31.0. The van der Waals surface area contributed by atoms with Crippen LogP contribution in [0.5, 0.6) is 0 Å². The summed E-state index contributed by atoms with van der Waals surface area (Å²) in [6, 6.07) is 21.4. The van der Waals surface area contributed by atoms with Crippen molar-refractivity contribution in [2.24, 2.45) is 0 Å². The van der Waals surface area contributed by atoms with E-state index in [4.69, 9.17) is 0 Å². The summed E-state index contributed by atoms with van der Waals surface area (Å²) >= 11 is 1.39. The smallest absolute Gasteiger partial charge is 0.262 e. The molecule has 5 nitrogen and oxygen atoms in total. The maximum Gasteiger partial charge on any atom is 0.262 e. The number of rotatable bonds is 7. The number of carbonyl (C=O) groups excluding carboxylic acids is 2. The lowest BCUT2D eigenvalue weighted by atomic mass is 10.0. The molecule has 0 aliphatic carbocycles. The van der Waals surface area contributed by atoms with Crippen molar-refractivity contribution in [2.75, 3.05) is 26.2 Å². The minimum Gasteiger partial charge on any atom is -0.339 e. The van der Waals surface area contributed by atoms with Gasteiger partial charge in [-0.15, -0.1) is 11.3 Å². The fourth-order valence-electron chi connectivity index (χ4n) is 4.06. The monoisotopic (exact) mass is 447 g/mol. The molecule has 1 aliphatic rings. The quantitative estimate of drug-likeness (QED) is 0.600. The van der Waals surface area contributed by atoms with Gasteiger partial charge in [-0.05, 0) is 35.1 Å². The number of piperazine rings is 1. The third-order valence-electron chi connectivity index (χ3n) is 5.97. The van der Waals surface area contributed by atoms with Gasteiger partial charge in [-0.1, -0.05) is 60.7 Å². The van der Waals surface area contributed by atoms with Gasteiger partial charge < -0.3 is 10.2 Å². The highest BCUT2D eigenvalue weighted by molar-refractivity contribution is 7.12. The predicted molar refractivity (Wildman–Crippen MR) is 129 cm³/mol. The van der Waals surface area contributed by atoms with E-state index in [1.54, 1.807) is 6.07 Å². The standard InChI is InChI=1S/C26H29N3O2S/c1-20-8-5-6-11-22(20)19-28-13-15-29(16-14-28)26(31)23(18-21-9-3-2-4-10-21)27-25(30)24-12-7-17-32-24/h2-12,17,23H,13-16,18-19H2,1H3,(H,27,30)/t23-/m0/s1. The average molecular weight is 448 g/mol. The van der Waals surface area contributed by atoms with Gasteiger partial charge in [0.05, 0.1) is 4.88 Å². The zero-order valence-corrected chi connectivity index (χ0v) is 19.2. The summed E-state index contributed by atoms with van der Waals surface area (Å²) in [6.07, 6.45) is 0.486. The molecule has 2 amide bonds. The van der Waals surface area contributed by atoms with Crippen molar-refractivity contribution in [1.82, 2.24) is 15.1 Å². The molecular formula is C26H29N3O2S. The largest absolute Gasteiger partial charge is 0.339 e. The van der Waals surface area contributed by atoms with Gasteiger partial charge >= 0.3 is 0 Å². The Morgan fingerprint density at radius 1 is 0.938 bits per heavy atom. The van der Waals surface area contributed by atoms with Crippen LogP contribution in [-0.4, -0.2) is 53.8 Å². The molecule has 6 heteroatoms. The molecule has 2 aromatic carbocycles. The van der Waals surface area contributed by atoms with Crippen molar-refractivity contribution >= 4 is 23.2 Å². The molecule has 2 heterocycles. The van der Waals surface area contributed by atoms with E-state index in [9.17, 15) is 9.59 Å². The van der Waals surface area contributed by atoms with Crippen molar-refractivity contribution in [3.8, 4) is 0 Å². The van der Waals surface area contributed by atoms with Crippen molar-refractivity contribution in [3.63, 3.8) is 0 Å². The number of carbonyl (C=O) groups is 2. The van der Waals surface area contributed by atoms with Crippen LogP contribution in [0.15, 0.2) is 72.1 Å². The van der Waals surface area contributed by atoms with Crippen LogP contribution in [0, 0.1) is 6.92 Å². The topological polar surface area (TPSA) is 52.6 Å². The molecule has 4 rings (SSSR count). The zero-order valence-electron chi connectivity index (χ0n) is 18.4. The SMILES string of the molecule is Cc1ccccc1CN1CCN(C(=O)[C@H](Cc2ccccc2)NC(=O)c2cccs2)CC1. The maximum atomic E-state index is 13.4. The first-order valence-electron chi connectivity index (χ1n) is 11.0. The van der Waals surface area contributed by atoms with Gasteiger partial charge in [0.1, 0.15) is 6.04 Å². The normalized spacial score (nSPS) is 15.3. The van der Waals surface area contributed by atoms with Crippen molar-refractivity contribution in [1.29, 1.82) is 0 Å². The first-order chi connectivity index (χ1) is 15.6. The van der Waals surface area contributed by atoms with Crippen LogP contribution in [-0.2, 0) is 17.8 Å². The molecule has 32 heavy (non-hydrogen) atoms. The Kier molecular flexibility index (Phi) is 7.35. The summed E-state index contributed by atoms with van der Waals surface area (Å²) in [5.74, 6) is -0.193. The van der Waals surface area contributed by atoms with Crippen LogP contribution < -0.4 is 5.32 Å². The first-order valence-corrected chi connectivity index (χ1v) is 11.9. The van der Waals surface area contributed by atoms with E-state index >= 15 is 0 Å². The molecule has 0 saturated carbocycles. The lowest BCUT2D eigenvalue weighted by Gasteiger charge is -2.36. The van der Waals surface area contributed by atoms with E-state index in [-0.39, 0.29) is 11.8 Å². The number of benzene rings is 2. The Morgan fingerprint density at radius 3 is 2.34 bits per heavy atom. The highest BCUT2D eigenvalue weighted by Gasteiger charge is 2.29. The molecule has 1 fully saturated rings. The first kappa shape index (κ1) is 22.2. The van der Waals surface area contributed by atoms with Crippen LogP contribution in [0.4, 0.5) is 0 Å². The second-order valence-electron chi connectivity index (χ2n) is 8.22. The Balaban J connectivity index is 1.40. The summed E-state index contributed by atoms with van der Waals surface area (Å²) in [5, 5.41) is 4.86. The van der Waals surface area contributed by atoms with Crippen molar-refractivity contribution in [2.45, 2.75) is 25.9 Å². The van der Waals surface area contributed by atoms with E-state index in [2.05, 4.69) is 41.4 Å². The molecule has 1 N–H and O–H groups in total. The van der Waals surface area contributed by atoms with Crippen LogP contribution in [0.3, 0.4) is 0 Å². The van der Waals surface area contributed by atoms with Gasteiger partial charge in [-0.25, -0.2) is 0 Å². The molecule has 0 bridgehead atoms. The number of amides is 2. The average Bonchev–Trinajstić information content (AvgIpc) is 3.36. The van der Waals surface area contributed by atoms with Gasteiger partial charge in [-0.2, -0.15) is 0 Å². The van der Waals surface area contributed by atoms with Crippen molar-refractivity contribution in [3.05, 3.63) is 93.7 Å². The molecule has 0 unspecified atom stereocenters. The van der Waals surface area contributed by atoms with E-state index in [0.29, 0.717) is 24.4 Å². The Hall–Kier alpha value is -2.96. The van der Waals surface area contributed by atoms with E-state index in [1.807, 2.05) is 46.7 Å². The van der Waals surface area contributed by atoms with Crippen molar-refractivity contribution < 1.29 is 9.59 Å². The fourth-order valence-corrected chi connectivity index (χ4v) is 4.69. The highest BCUT2D eigenvalue weighted by atomic mass is 32.1.